The number of carbonyl (C=O) groups excluding carboxylic acids is 3. The summed E-state index contributed by atoms with van der Waals surface area (Å²) in [5.74, 6) is -2.62. The van der Waals surface area contributed by atoms with Gasteiger partial charge in [0.1, 0.15) is 25.9 Å². The molecule has 1 aliphatic rings. The molecule has 0 radical (unpaired) electrons. The molecule has 8 heteroatoms. The first-order valence-corrected chi connectivity index (χ1v) is 8.50. The van der Waals surface area contributed by atoms with Gasteiger partial charge in [0.25, 0.3) is 0 Å². The van der Waals surface area contributed by atoms with E-state index in [-0.39, 0.29) is 31.3 Å². The van der Waals surface area contributed by atoms with Crippen molar-refractivity contribution in [1.82, 2.24) is 0 Å². The molecule has 2 unspecified atom stereocenters. The van der Waals surface area contributed by atoms with Crippen molar-refractivity contribution in [2.45, 2.75) is 32.3 Å². The van der Waals surface area contributed by atoms with Crippen LogP contribution in [0.4, 0.5) is 0 Å². The van der Waals surface area contributed by atoms with E-state index >= 15 is 0 Å². The monoisotopic (exact) mass is 374 g/mol. The van der Waals surface area contributed by atoms with E-state index in [9.17, 15) is 19.5 Å². The Bertz CT molecular complexity index is 541. The Morgan fingerprint density at radius 2 is 2.00 bits per heavy atom. The molecular weight excluding hydrogens is 352 g/mol. The molecule has 7 nitrogen and oxygen atoms in total. The van der Waals surface area contributed by atoms with E-state index in [1.807, 2.05) is 0 Å². The first kappa shape index (κ1) is 21.2. The summed E-state index contributed by atoms with van der Waals surface area (Å²) >= 11 is 5.46. The summed E-state index contributed by atoms with van der Waals surface area (Å²) in [4.78, 5) is 35.5. The lowest BCUT2D eigenvalue weighted by Gasteiger charge is -2.25. The molecule has 0 saturated heterocycles. The van der Waals surface area contributed by atoms with Gasteiger partial charge in [0.15, 0.2) is 0 Å². The van der Waals surface area contributed by atoms with Crippen LogP contribution in [0.5, 0.6) is 0 Å². The number of aliphatic hydroxyl groups is 1. The Morgan fingerprint density at radius 3 is 2.64 bits per heavy atom. The molecule has 0 heterocycles. The third-order valence-corrected chi connectivity index (χ3v) is 4.04. The molecular formula is C17H23ClO7. The van der Waals surface area contributed by atoms with Crippen LogP contribution < -0.4 is 0 Å². The van der Waals surface area contributed by atoms with Gasteiger partial charge >= 0.3 is 17.9 Å². The zero-order chi connectivity index (χ0) is 18.8. The first-order chi connectivity index (χ1) is 11.9. The van der Waals surface area contributed by atoms with E-state index in [0.29, 0.717) is 12.8 Å². The predicted molar refractivity (Wildman–Crippen MR) is 89.8 cm³/mol. The summed E-state index contributed by atoms with van der Waals surface area (Å²) in [6.07, 6.45) is 1.95. The number of hydrogen-bond acceptors (Lipinski definition) is 7. The maximum Gasteiger partial charge on any atom is 0.334 e. The van der Waals surface area contributed by atoms with Gasteiger partial charge in [-0.2, -0.15) is 0 Å². The first-order valence-electron chi connectivity index (χ1n) is 7.97. The highest BCUT2D eigenvalue weighted by atomic mass is 35.5. The molecule has 1 aliphatic carbocycles. The van der Waals surface area contributed by atoms with Crippen LogP contribution in [0.2, 0.25) is 0 Å². The van der Waals surface area contributed by atoms with Crippen molar-refractivity contribution in [3.8, 4) is 0 Å². The summed E-state index contributed by atoms with van der Waals surface area (Å²) < 4.78 is 14.9. The van der Waals surface area contributed by atoms with E-state index in [4.69, 9.17) is 25.8 Å². The number of esters is 3. The smallest absolute Gasteiger partial charge is 0.334 e. The maximum absolute atomic E-state index is 12.3. The second-order valence-corrected chi connectivity index (χ2v) is 5.89. The van der Waals surface area contributed by atoms with Crippen molar-refractivity contribution in [2.24, 2.45) is 5.92 Å². The van der Waals surface area contributed by atoms with Crippen LogP contribution in [0.3, 0.4) is 0 Å². The number of rotatable bonds is 9. The van der Waals surface area contributed by atoms with Gasteiger partial charge < -0.3 is 19.3 Å². The molecule has 0 bridgehead atoms. The minimum absolute atomic E-state index is 0.0505. The molecule has 0 aromatic carbocycles. The van der Waals surface area contributed by atoms with Gasteiger partial charge in [0.05, 0.1) is 17.4 Å². The minimum Gasteiger partial charge on any atom is -0.462 e. The molecule has 25 heavy (non-hydrogen) atoms. The van der Waals surface area contributed by atoms with E-state index in [1.165, 1.54) is 0 Å². The molecule has 140 valence electrons. The second kappa shape index (κ2) is 10.9. The maximum atomic E-state index is 12.3. The number of aliphatic hydroxyl groups excluding tert-OH is 1. The summed E-state index contributed by atoms with van der Waals surface area (Å²) in [5, 5.41) is 9.38. The lowest BCUT2D eigenvalue weighted by molar-refractivity contribution is -0.154. The Kier molecular flexibility index (Phi) is 9.23. The highest BCUT2D eigenvalue weighted by molar-refractivity contribution is 6.18. The average molecular weight is 375 g/mol. The predicted octanol–water partition coefficient (Wildman–Crippen LogP) is 1.52. The molecule has 1 rings (SSSR count). The fourth-order valence-corrected chi connectivity index (χ4v) is 2.53. The summed E-state index contributed by atoms with van der Waals surface area (Å²) in [6.45, 7) is 4.58. The molecule has 0 fully saturated rings. The van der Waals surface area contributed by atoms with Gasteiger partial charge in [0.2, 0.25) is 0 Å². The minimum atomic E-state index is -0.950. The highest BCUT2D eigenvalue weighted by Crippen LogP contribution is 2.32. The molecule has 0 aromatic heterocycles. The highest BCUT2D eigenvalue weighted by Gasteiger charge is 2.34. The van der Waals surface area contributed by atoms with Crippen molar-refractivity contribution in [3.63, 3.8) is 0 Å². The van der Waals surface area contributed by atoms with E-state index in [2.05, 4.69) is 6.58 Å². The third-order valence-electron chi connectivity index (χ3n) is 3.68. The molecule has 0 amide bonds. The largest absolute Gasteiger partial charge is 0.462 e. The van der Waals surface area contributed by atoms with Crippen molar-refractivity contribution in [2.75, 3.05) is 25.7 Å². The van der Waals surface area contributed by atoms with Crippen molar-refractivity contribution < 1.29 is 33.7 Å². The van der Waals surface area contributed by atoms with Gasteiger partial charge in [0, 0.05) is 6.08 Å². The Balaban J connectivity index is 2.65. The standard InChI is InChI=1S/C17H23ClO7/c1-3-14(20)23-7-8-24-17(22)15-11(2)5-4-6-13(15)16(21)25-10-12(19)9-18/h3,12-13,19H,1,4-10H2,2H3. The molecule has 0 aliphatic heterocycles. The van der Waals surface area contributed by atoms with Crippen LogP contribution in [0, 0.1) is 5.92 Å². The second-order valence-electron chi connectivity index (χ2n) is 5.58. The van der Waals surface area contributed by atoms with Gasteiger partial charge in [-0.25, -0.2) is 9.59 Å². The summed E-state index contributed by atoms with van der Waals surface area (Å²) in [5.41, 5.74) is 1.03. The number of carbonyl (C=O) groups is 3. The summed E-state index contributed by atoms with van der Waals surface area (Å²) in [6, 6.07) is 0. The van der Waals surface area contributed by atoms with Crippen LogP contribution in [-0.4, -0.2) is 54.8 Å². The normalized spacial score (nSPS) is 18.3. The van der Waals surface area contributed by atoms with Gasteiger partial charge in [-0.15, -0.1) is 11.6 Å². The van der Waals surface area contributed by atoms with Gasteiger partial charge in [-0.05, 0) is 26.2 Å². The van der Waals surface area contributed by atoms with E-state index in [1.54, 1.807) is 6.92 Å². The summed E-state index contributed by atoms with van der Waals surface area (Å²) in [7, 11) is 0. The topological polar surface area (TPSA) is 99.1 Å². The van der Waals surface area contributed by atoms with Crippen LogP contribution in [0.1, 0.15) is 26.2 Å². The molecule has 0 spiro atoms. The lowest BCUT2D eigenvalue weighted by Crippen LogP contribution is -2.31. The van der Waals surface area contributed by atoms with Crippen LogP contribution in [-0.2, 0) is 28.6 Å². The van der Waals surface area contributed by atoms with Gasteiger partial charge in [-0.3, -0.25) is 4.79 Å². The van der Waals surface area contributed by atoms with Crippen LogP contribution >= 0.6 is 11.6 Å². The number of halogens is 1. The Hall–Kier alpha value is -1.86. The molecule has 2 atom stereocenters. The zero-order valence-corrected chi connectivity index (χ0v) is 14.9. The zero-order valence-electron chi connectivity index (χ0n) is 14.2. The van der Waals surface area contributed by atoms with Gasteiger partial charge in [-0.1, -0.05) is 12.2 Å². The Labute approximate surface area is 151 Å². The van der Waals surface area contributed by atoms with Crippen LogP contribution in [0.15, 0.2) is 23.8 Å². The van der Waals surface area contributed by atoms with Crippen molar-refractivity contribution in [1.29, 1.82) is 0 Å². The lowest BCUT2D eigenvalue weighted by atomic mass is 9.83. The number of hydrogen-bond donors (Lipinski definition) is 1. The molecule has 0 saturated carbocycles. The third kappa shape index (κ3) is 6.88. The molecule has 0 aromatic rings. The Morgan fingerprint density at radius 1 is 1.32 bits per heavy atom. The fraction of sp³-hybridized carbons (Fsp3) is 0.588. The van der Waals surface area contributed by atoms with E-state index < -0.39 is 29.9 Å². The molecule has 1 N–H and O–H groups in total. The average Bonchev–Trinajstić information content (AvgIpc) is 2.62. The van der Waals surface area contributed by atoms with E-state index in [0.717, 1.165) is 18.1 Å². The number of alkyl halides is 1. The van der Waals surface area contributed by atoms with Crippen molar-refractivity contribution >= 4 is 29.5 Å². The number of ether oxygens (including phenoxy) is 3. The van der Waals surface area contributed by atoms with Crippen LogP contribution in [0.25, 0.3) is 0 Å². The SMILES string of the molecule is C=CC(=O)OCCOC(=O)C1=C(C)CCCC1C(=O)OCC(O)CCl. The quantitative estimate of drug-likeness (QED) is 0.215. The fourth-order valence-electron chi connectivity index (χ4n) is 2.44. The number of allylic oxidation sites excluding steroid dienone is 1. The van der Waals surface area contributed by atoms with Crippen molar-refractivity contribution in [3.05, 3.63) is 23.8 Å².